The third-order valence-corrected chi connectivity index (χ3v) is 3.27. The minimum Gasteiger partial charge on any atom is -0.469 e. The van der Waals surface area contributed by atoms with E-state index in [4.69, 9.17) is 12.2 Å². The van der Waals surface area contributed by atoms with Crippen LogP contribution in [0, 0.1) is 6.92 Å². The van der Waals surface area contributed by atoms with E-state index in [9.17, 15) is 9.59 Å². The van der Waals surface area contributed by atoms with E-state index in [1.54, 1.807) is 0 Å². The van der Waals surface area contributed by atoms with E-state index in [0.29, 0.717) is 0 Å². The van der Waals surface area contributed by atoms with Crippen molar-refractivity contribution in [3.05, 3.63) is 28.2 Å². The number of aryl methyl sites for hydroxylation is 1. The van der Waals surface area contributed by atoms with Crippen LogP contribution in [-0.2, 0) is 14.3 Å². The fourth-order valence-corrected chi connectivity index (χ4v) is 2.20. The van der Waals surface area contributed by atoms with Crippen molar-refractivity contribution < 1.29 is 14.3 Å². The Morgan fingerprint density at radius 1 is 1.35 bits per heavy atom. The molecule has 0 radical (unpaired) electrons. The van der Waals surface area contributed by atoms with Crippen molar-refractivity contribution in [1.82, 2.24) is 5.32 Å². The van der Waals surface area contributed by atoms with Crippen molar-refractivity contribution in [1.29, 1.82) is 0 Å². The molecule has 0 aromatic heterocycles. The van der Waals surface area contributed by atoms with Gasteiger partial charge in [0.05, 0.1) is 19.2 Å². The molecule has 1 amide bonds. The second kappa shape index (κ2) is 7.96. The summed E-state index contributed by atoms with van der Waals surface area (Å²) in [5.41, 5.74) is 1.87. The first kappa shape index (κ1) is 16.6. The lowest BCUT2D eigenvalue weighted by molar-refractivity contribution is -0.142. The average molecular weight is 359 g/mol. The van der Waals surface area contributed by atoms with Crippen LogP contribution in [0.4, 0.5) is 5.69 Å². The first-order chi connectivity index (χ1) is 9.42. The van der Waals surface area contributed by atoms with Crippen molar-refractivity contribution in [2.24, 2.45) is 0 Å². The minimum atomic E-state index is -0.430. The van der Waals surface area contributed by atoms with Gasteiger partial charge in [0.1, 0.15) is 0 Å². The summed E-state index contributed by atoms with van der Waals surface area (Å²) in [4.78, 5) is 22.5. The first-order valence-corrected chi connectivity index (χ1v) is 7.06. The predicted octanol–water partition coefficient (Wildman–Crippen LogP) is 2.52. The summed E-state index contributed by atoms with van der Waals surface area (Å²) >= 11 is 8.44. The Morgan fingerprint density at radius 2 is 2.05 bits per heavy atom. The number of methoxy groups -OCH3 is 1. The number of hydrogen-bond donors (Lipinski definition) is 2. The third-order valence-electron chi connectivity index (χ3n) is 2.41. The molecule has 0 saturated heterocycles. The van der Waals surface area contributed by atoms with Gasteiger partial charge in [-0.25, -0.2) is 0 Å². The Kier molecular flexibility index (Phi) is 6.60. The molecule has 0 spiro atoms. The standard InChI is InChI=1S/C13H15BrN2O3S/c1-8-3-4-10(9(14)7-8)15-13(20)16-11(17)5-6-12(18)19-2/h3-4,7H,5-6H2,1-2H3,(H2,15,16,17,20). The van der Waals surface area contributed by atoms with E-state index in [2.05, 4.69) is 31.3 Å². The second-order valence-electron chi connectivity index (χ2n) is 4.06. The highest BCUT2D eigenvalue weighted by Crippen LogP contribution is 2.23. The number of benzene rings is 1. The summed E-state index contributed by atoms with van der Waals surface area (Å²) in [5.74, 6) is -0.767. The molecule has 7 heteroatoms. The number of halogens is 1. The maximum Gasteiger partial charge on any atom is 0.306 e. The van der Waals surface area contributed by atoms with E-state index in [1.807, 2.05) is 25.1 Å². The Bertz CT molecular complexity index is 534. The van der Waals surface area contributed by atoms with Crippen molar-refractivity contribution in [2.45, 2.75) is 19.8 Å². The molecule has 1 rings (SSSR count). The van der Waals surface area contributed by atoms with Crippen LogP contribution in [0.2, 0.25) is 0 Å². The summed E-state index contributed by atoms with van der Waals surface area (Å²) in [5, 5.41) is 5.59. The minimum absolute atomic E-state index is 0.0270. The Labute approximate surface area is 131 Å². The van der Waals surface area contributed by atoms with Gasteiger partial charge in [-0.15, -0.1) is 0 Å². The van der Waals surface area contributed by atoms with Gasteiger partial charge in [-0.2, -0.15) is 0 Å². The zero-order valence-corrected chi connectivity index (χ0v) is 13.6. The van der Waals surface area contributed by atoms with E-state index < -0.39 is 5.97 Å². The quantitative estimate of drug-likeness (QED) is 0.639. The van der Waals surface area contributed by atoms with Gasteiger partial charge >= 0.3 is 5.97 Å². The maximum atomic E-state index is 11.5. The van der Waals surface area contributed by atoms with Crippen LogP contribution in [0.1, 0.15) is 18.4 Å². The van der Waals surface area contributed by atoms with Crippen LogP contribution in [0.3, 0.4) is 0 Å². The number of esters is 1. The van der Waals surface area contributed by atoms with Crippen LogP contribution in [0.5, 0.6) is 0 Å². The third kappa shape index (κ3) is 5.66. The lowest BCUT2D eigenvalue weighted by Gasteiger charge is -2.11. The zero-order valence-electron chi connectivity index (χ0n) is 11.2. The van der Waals surface area contributed by atoms with Crippen LogP contribution in [0.15, 0.2) is 22.7 Å². The highest BCUT2D eigenvalue weighted by Gasteiger charge is 2.09. The van der Waals surface area contributed by atoms with Crippen LogP contribution in [-0.4, -0.2) is 24.1 Å². The summed E-state index contributed by atoms with van der Waals surface area (Å²) in [6.45, 7) is 1.97. The van der Waals surface area contributed by atoms with E-state index in [1.165, 1.54) is 7.11 Å². The molecule has 0 aliphatic rings. The smallest absolute Gasteiger partial charge is 0.306 e. The number of nitrogens with one attached hydrogen (secondary N) is 2. The highest BCUT2D eigenvalue weighted by atomic mass is 79.9. The predicted molar refractivity (Wildman–Crippen MR) is 84.5 cm³/mol. The summed E-state index contributed by atoms with van der Waals surface area (Å²) in [6.07, 6.45) is 0.0583. The number of ether oxygens (including phenoxy) is 1. The zero-order chi connectivity index (χ0) is 15.1. The fraction of sp³-hybridized carbons (Fsp3) is 0.308. The van der Waals surface area contributed by atoms with Crippen molar-refractivity contribution in [3.63, 3.8) is 0 Å². The molecule has 1 aromatic rings. The largest absolute Gasteiger partial charge is 0.469 e. The average Bonchev–Trinajstić information content (AvgIpc) is 2.39. The maximum absolute atomic E-state index is 11.5. The van der Waals surface area contributed by atoms with Crippen LogP contribution >= 0.6 is 28.1 Å². The fourth-order valence-electron chi connectivity index (χ4n) is 1.38. The molecule has 20 heavy (non-hydrogen) atoms. The van der Waals surface area contributed by atoms with Gasteiger partial charge in [-0.1, -0.05) is 6.07 Å². The Morgan fingerprint density at radius 3 is 2.65 bits per heavy atom. The number of amides is 1. The molecule has 5 nitrogen and oxygen atoms in total. The molecule has 0 atom stereocenters. The number of hydrogen-bond acceptors (Lipinski definition) is 4. The lowest BCUT2D eigenvalue weighted by atomic mass is 10.2. The van der Waals surface area contributed by atoms with Gasteiger partial charge in [0.15, 0.2) is 5.11 Å². The molecule has 0 saturated carbocycles. The van der Waals surface area contributed by atoms with Gasteiger partial charge in [-0.3, -0.25) is 9.59 Å². The summed E-state index contributed by atoms with van der Waals surface area (Å²) in [6, 6.07) is 5.71. The highest BCUT2D eigenvalue weighted by molar-refractivity contribution is 9.10. The van der Waals surface area contributed by atoms with Crippen molar-refractivity contribution in [3.8, 4) is 0 Å². The topological polar surface area (TPSA) is 67.4 Å². The lowest BCUT2D eigenvalue weighted by Crippen LogP contribution is -2.34. The van der Waals surface area contributed by atoms with E-state index >= 15 is 0 Å². The number of rotatable bonds is 4. The van der Waals surface area contributed by atoms with Crippen LogP contribution < -0.4 is 10.6 Å². The Hall–Kier alpha value is -1.47. The molecule has 0 aliphatic heterocycles. The SMILES string of the molecule is COC(=O)CCC(=O)NC(=S)Nc1ccc(C)cc1Br. The van der Waals surface area contributed by atoms with Gasteiger partial charge < -0.3 is 15.4 Å². The van der Waals surface area contributed by atoms with E-state index in [0.717, 1.165) is 15.7 Å². The second-order valence-corrected chi connectivity index (χ2v) is 5.32. The Balaban J connectivity index is 2.47. The molecular weight excluding hydrogens is 344 g/mol. The molecular formula is C13H15BrN2O3S. The van der Waals surface area contributed by atoms with Gasteiger partial charge in [0.2, 0.25) is 5.91 Å². The monoisotopic (exact) mass is 358 g/mol. The molecule has 0 fully saturated rings. The molecule has 0 heterocycles. The molecule has 2 N–H and O–H groups in total. The summed E-state index contributed by atoms with van der Waals surface area (Å²) < 4.78 is 5.31. The number of anilines is 1. The van der Waals surface area contributed by atoms with Gasteiger partial charge in [-0.05, 0) is 52.8 Å². The van der Waals surface area contributed by atoms with Crippen LogP contribution in [0.25, 0.3) is 0 Å². The summed E-state index contributed by atoms with van der Waals surface area (Å²) in [7, 11) is 1.28. The van der Waals surface area contributed by atoms with Gasteiger partial charge in [0, 0.05) is 10.9 Å². The molecule has 0 bridgehead atoms. The molecule has 0 aliphatic carbocycles. The number of carbonyl (C=O) groups excluding carboxylic acids is 2. The molecule has 1 aromatic carbocycles. The first-order valence-electron chi connectivity index (χ1n) is 5.86. The molecule has 0 unspecified atom stereocenters. The molecule has 108 valence electrons. The van der Waals surface area contributed by atoms with E-state index in [-0.39, 0.29) is 23.9 Å². The van der Waals surface area contributed by atoms with Crippen molar-refractivity contribution in [2.75, 3.05) is 12.4 Å². The van der Waals surface area contributed by atoms with Gasteiger partial charge in [0.25, 0.3) is 0 Å². The van der Waals surface area contributed by atoms with Crippen molar-refractivity contribution >= 4 is 50.8 Å². The normalized spacial score (nSPS) is 9.75. The number of thiocarbonyl (C=S) groups is 1. The number of carbonyl (C=O) groups is 2.